The lowest BCUT2D eigenvalue weighted by molar-refractivity contribution is -0.905. The summed E-state index contributed by atoms with van der Waals surface area (Å²) in [6, 6.07) is 5.10. The van der Waals surface area contributed by atoms with E-state index in [1.807, 2.05) is 0 Å². The van der Waals surface area contributed by atoms with E-state index in [4.69, 9.17) is 27.9 Å². The quantitative estimate of drug-likeness (QED) is 0.728. The molecule has 1 saturated carbocycles. The Balaban J connectivity index is 1.79. The number of benzene rings is 1. The molecule has 1 fully saturated rings. The first-order chi connectivity index (χ1) is 10.1. The second-order valence-electron chi connectivity index (χ2n) is 5.89. The molecule has 1 aliphatic rings. The fourth-order valence-electron chi connectivity index (χ4n) is 2.54. The molecule has 118 valence electrons. The molecule has 0 amide bonds. The van der Waals surface area contributed by atoms with Crippen LogP contribution < -0.4 is 9.64 Å². The van der Waals surface area contributed by atoms with Gasteiger partial charge in [0, 0.05) is 17.0 Å². The average molecular weight is 333 g/mol. The van der Waals surface area contributed by atoms with E-state index in [-0.39, 0.29) is 6.61 Å². The molecule has 0 spiro atoms. The maximum Gasteiger partial charge on any atom is 0.139 e. The van der Waals surface area contributed by atoms with Crippen molar-refractivity contribution in [3.8, 4) is 5.75 Å². The second-order valence-corrected chi connectivity index (χ2v) is 6.73. The molecular formula is C16H24Cl2NO2+. The minimum Gasteiger partial charge on any atom is -0.489 e. The molecule has 1 unspecified atom stereocenters. The molecule has 3 nitrogen and oxygen atoms in total. The fourth-order valence-corrected chi connectivity index (χ4v) is 2.87. The molecule has 2 rings (SSSR count). The molecular weight excluding hydrogens is 309 g/mol. The van der Waals surface area contributed by atoms with Crippen molar-refractivity contribution in [3.05, 3.63) is 28.2 Å². The van der Waals surface area contributed by atoms with E-state index >= 15 is 0 Å². The van der Waals surface area contributed by atoms with E-state index in [9.17, 15) is 5.11 Å². The summed E-state index contributed by atoms with van der Waals surface area (Å²) in [5.41, 5.74) is 0. The highest BCUT2D eigenvalue weighted by Gasteiger charge is 2.27. The van der Waals surface area contributed by atoms with Crippen LogP contribution >= 0.6 is 23.2 Å². The van der Waals surface area contributed by atoms with Gasteiger partial charge in [0.2, 0.25) is 0 Å². The van der Waals surface area contributed by atoms with Crippen LogP contribution in [0.5, 0.6) is 5.75 Å². The van der Waals surface area contributed by atoms with Gasteiger partial charge in [0.1, 0.15) is 25.0 Å². The number of nitrogens with one attached hydrogen (secondary N) is 1. The topological polar surface area (TPSA) is 33.9 Å². The predicted molar refractivity (Wildman–Crippen MR) is 86.5 cm³/mol. The Labute approximate surface area is 136 Å². The third-order valence-electron chi connectivity index (χ3n) is 3.73. The predicted octanol–water partition coefficient (Wildman–Crippen LogP) is 2.44. The summed E-state index contributed by atoms with van der Waals surface area (Å²) in [4.78, 5) is 1.47. The molecule has 0 aliphatic heterocycles. The van der Waals surface area contributed by atoms with Gasteiger partial charge in [-0.25, -0.2) is 0 Å². The highest BCUT2D eigenvalue weighted by molar-refractivity contribution is 6.34. The molecule has 0 radical (unpaired) electrons. The summed E-state index contributed by atoms with van der Waals surface area (Å²) in [5.74, 6) is 1.39. The lowest BCUT2D eigenvalue weighted by Crippen LogP contribution is -3.13. The second kappa shape index (κ2) is 8.23. The monoisotopic (exact) mass is 332 g/mol. The van der Waals surface area contributed by atoms with Crippen LogP contribution in [0.4, 0.5) is 0 Å². The minimum atomic E-state index is -0.486. The SMILES string of the molecule is CCC[NH+](CC1CC1)C[C@H](O)COc1cc(Cl)ccc1Cl. The van der Waals surface area contributed by atoms with E-state index in [1.54, 1.807) is 18.2 Å². The molecule has 1 aromatic rings. The maximum absolute atomic E-state index is 10.2. The maximum atomic E-state index is 10.2. The summed E-state index contributed by atoms with van der Waals surface area (Å²) in [6.07, 6.45) is 3.34. The number of halogens is 2. The highest BCUT2D eigenvalue weighted by Crippen LogP contribution is 2.28. The van der Waals surface area contributed by atoms with Crippen LogP contribution in [0.1, 0.15) is 26.2 Å². The number of hydrogen-bond acceptors (Lipinski definition) is 2. The molecule has 21 heavy (non-hydrogen) atoms. The number of ether oxygens (including phenoxy) is 1. The molecule has 0 heterocycles. The third-order valence-corrected chi connectivity index (χ3v) is 4.27. The van der Waals surface area contributed by atoms with Crippen molar-refractivity contribution in [1.82, 2.24) is 0 Å². The van der Waals surface area contributed by atoms with Crippen LogP contribution in [-0.4, -0.2) is 37.5 Å². The number of aliphatic hydroxyl groups excluding tert-OH is 1. The van der Waals surface area contributed by atoms with Crippen molar-refractivity contribution < 1.29 is 14.7 Å². The zero-order valence-electron chi connectivity index (χ0n) is 12.4. The smallest absolute Gasteiger partial charge is 0.139 e. The van der Waals surface area contributed by atoms with Crippen molar-refractivity contribution in [3.63, 3.8) is 0 Å². The average Bonchev–Trinajstić information content (AvgIpc) is 3.24. The number of hydrogen-bond donors (Lipinski definition) is 2. The van der Waals surface area contributed by atoms with E-state index in [0.717, 1.165) is 25.4 Å². The van der Waals surface area contributed by atoms with Gasteiger partial charge in [-0.3, -0.25) is 0 Å². The number of quaternary nitrogens is 1. The van der Waals surface area contributed by atoms with E-state index < -0.39 is 6.10 Å². The summed E-state index contributed by atoms with van der Waals surface area (Å²) >= 11 is 12.0. The lowest BCUT2D eigenvalue weighted by Gasteiger charge is -2.22. The zero-order valence-corrected chi connectivity index (χ0v) is 14.0. The lowest BCUT2D eigenvalue weighted by atomic mass is 10.2. The van der Waals surface area contributed by atoms with Gasteiger partial charge in [0.15, 0.2) is 0 Å². The van der Waals surface area contributed by atoms with Crippen LogP contribution in [0, 0.1) is 5.92 Å². The summed E-state index contributed by atoms with van der Waals surface area (Å²) in [7, 11) is 0. The molecule has 1 aliphatic carbocycles. The molecule has 2 N–H and O–H groups in total. The molecule has 5 heteroatoms. The first-order valence-corrected chi connectivity index (χ1v) is 8.43. The van der Waals surface area contributed by atoms with Gasteiger partial charge in [-0.2, -0.15) is 0 Å². The molecule has 2 atom stereocenters. The van der Waals surface area contributed by atoms with E-state index in [2.05, 4.69) is 6.92 Å². The molecule has 0 saturated heterocycles. The van der Waals surface area contributed by atoms with Gasteiger partial charge in [-0.05, 0) is 31.4 Å². The highest BCUT2D eigenvalue weighted by atomic mass is 35.5. The van der Waals surface area contributed by atoms with Gasteiger partial charge < -0.3 is 14.7 Å². The van der Waals surface area contributed by atoms with Crippen molar-refractivity contribution >= 4 is 23.2 Å². The van der Waals surface area contributed by atoms with Gasteiger partial charge >= 0.3 is 0 Å². The normalized spacial score (nSPS) is 17.5. The van der Waals surface area contributed by atoms with Gasteiger partial charge in [-0.1, -0.05) is 30.1 Å². The van der Waals surface area contributed by atoms with Crippen molar-refractivity contribution in [2.75, 3.05) is 26.2 Å². The molecule has 1 aromatic carbocycles. The zero-order chi connectivity index (χ0) is 15.2. The van der Waals surface area contributed by atoms with Crippen molar-refractivity contribution in [1.29, 1.82) is 0 Å². The first kappa shape index (κ1) is 16.9. The minimum absolute atomic E-state index is 0.248. The van der Waals surface area contributed by atoms with Crippen molar-refractivity contribution in [2.24, 2.45) is 5.92 Å². The van der Waals surface area contributed by atoms with Crippen molar-refractivity contribution in [2.45, 2.75) is 32.3 Å². The van der Waals surface area contributed by atoms with Crippen LogP contribution in [0.2, 0.25) is 10.0 Å². The Morgan fingerprint density at radius 3 is 2.81 bits per heavy atom. The summed E-state index contributed by atoms with van der Waals surface area (Å²) in [6.45, 7) is 5.43. The van der Waals surface area contributed by atoms with E-state index in [1.165, 1.54) is 24.3 Å². The molecule has 0 bridgehead atoms. The standard InChI is InChI=1S/C16H23Cl2NO2/c1-2-7-19(9-12-3-4-12)10-14(20)11-21-16-8-13(17)5-6-15(16)18/h5-6,8,12,14,20H,2-4,7,9-11H2,1H3/p+1/t14-/m0/s1. The van der Waals surface area contributed by atoms with Gasteiger partial charge in [0.25, 0.3) is 0 Å². The Morgan fingerprint density at radius 2 is 2.14 bits per heavy atom. The van der Waals surface area contributed by atoms with Crippen LogP contribution in [0.15, 0.2) is 18.2 Å². The van der Waals surface area contributed by atoms with Gasteiger partial charge in [-0.15, -0.1) is 0 Å². The van der Waals surface area contributed by atoms with Gasteiger partial charge in [0.05, 0.1) is 18.1 Å². The first-order valence-electron chi connectivity index (χ1n) is 7.68. The number of aliphatic hydroxyl groups is 1. The summed E-state index contributed by atoms with van der Waals surface area (Å²) in [5, 5.41) is 11.3. The van der Waals surface area contributed by atoms with Crippen LogP contribution in [0.25, 0.3) is 0 Å². The molecule has 0 aromatic heterocycles. The number of rotatable bonds is 9. The Kier molecular flexibility index (Phi) is 6.62. The van der Waals surface area contributed by atoms with Crippen LogP contribution in [0.3, 0.4) is 0 Å². The third kappa shape index (κ3) is 6.03. The summed E-state index contributed by atoms with van der Waals surface area (Å²) < 4.78 is 5.60. The van der Waals surface area contributed by atoms with Crippen LogP contribution in [-0.2, 0) is 0 Å². The largest absolute Gasteiger partial charge is 0.489 e. The Morgan fingerprint density at radius 1 is 1.38 bits per heavy atom. The Hall–Kier alpha value is -0.480. The van der Waals surface area contributed by atoms with E-state index in [0.29, 0.717) is 15.8 Å². The fraction of sp³-hybridized carbons (Fsp3) is 0.625. The Bertz CT molecular complexity index is 452.